The van der Waals surface area contributed by atoms with Crippen LogP contribution in [0.15, 0.2) is 34.9 Å². The number of carbonyl (C=O) groups is 1. The molecule has 0 bridgehead atoms. The van der Waals surface area contributed by atoms with E-state index in [1.165, 1.54) is 12.1 Å². The molecule has 0 aliphatic rings. The van der Waals surface area contributed by atoms with E-state index in [1.54, 1.807) is 26.0 Å². The summed E-state index contributed by atoms with van der Waals surface area (Å²) in [6.45, 7) is 3.61. The number of ether oxygens (including phenoxy) is 1. The van der Waals surface area contributed by atoms with Crippen LogP contribution in [-0.2, 0) is 19.4 Å². The first-order valence-corrected chi connectivity index (χ1v) is 8.10. The number of aliphatic hydroxyl groups is 1. The predicted molar refractivity (Wildman–Crippen MR) is 76.0 cm³/mol. The lowest BCUT2D eigenvalue weighted by Crippen LogP contribution is -2.09. The van der Waals surface area contributed by atoms with Gasteiger partial charge in [0.2, 0.25) is 5.76 Å². The highest BCUT2D eigenvalue weighted by molar-refractivity contribution is 7.90. The van der Waals surface area contributed by atoms with Crippen LogP contribution < -0.4 is 0 Å². The smallest absolute Gasteiger partial charge is 0.373 e. The van der Waals surface area contributed by atoms with Gasteiger partial charge in [0.15, 0.2) is 9.84 Å². The molecule has 0 amide bonds. The highest BCUT2D eigenvalue weighted by Crippen LogP contribution is 2.23. The molecule has 0 unspecified atom stereocenters. The molecule has 1 N–H and O–H groups in total. The van der Waals surface area contributed by atoms with E-state index in [4.69, 9.17) is 4.74 Å². The number of benzene rings is 1. The van der Waals surface area contributed by atoms with Crippen molar-refractivity contribution in [3.63, 3.8) is 0 Å². The van der Waals surface area contributed by atoms with Crippen molar-refractivity contribution in [2.75, 3.05) is 12.9 Å². The Hall–Kier alpha value is -1.82. The Morgan fingerprint density at radius 3 is 2.15 bits per heavy atom. The number of aliphatic hydroxyl groups excluding tert-OH is 1. The van der Waals surface area contributed by atoms with Crippen LogP contribution in [0.4, 0.5) is 0 Å². The van der Waals surface area contributed by atoms with Gasteiger partial charge in [0.1, 0.15) is 0 Å². The van der Waals surface area contributed by atoms with E-state index in [9.17, 15) is 18.3 Å². The maximum Gasteiger partial charge on any atom is 0.373 e. The minimum Gasteiger partial charge on any atom is -0.502 e. The van der Waals surface area contributed by atoms with Crippen molar-refractivity contribution >= 4 is 21.4 Å². The maximum absolute atomic E-state index is 11.5. The van der Waals surface area contributed by atoms with Gasteiger partial charge in [-0.15, -0.1) is 0 Å². The van der Waals surface area contributed by atoms with Crippen molar-refractivity contribution in [2.45, 2.75) is 25.2 Å². The minimum absolute atomic E-state index is 0.174. The summed E-state index contributed by atoms with van der Waals surface area (Å²) in [6.07, 6.45) is 1.54. The Balaban J connectivity index is 3.20. The summed E-state index contributed by atoms with van der Waals surface area (Å²) < 4.78 is 27.5. The van der Waals surface area contributed by atoms with Crippen LogP contribution in [0.3, 0.4) is 0 Å². The molecule has 0 saturated carbocycles. The number of esters is 1. The van der Waals surface area contributed by atoms with E-state index in [2.05, 4.69) is 0 Å². The summed E-state index contributed by atoms with van der Waals surface area (Å²) in [5.41, 5.74) is 1.01. The summed E-state index contributed by atoms with van der Waals surface area (Å²) in [4.78, 5) is 11.7. The molecule has 0 spiro atoms. The number of rotatable bonds is 5. The average molecular weight is 298 g/mol. The Kier molecular flexibility index (Phi) is 5.33. The Morgan fingerprint density at radius 1 is 1.20 bits per heavy atom. The molecule has 5 nitrogen and oxygen atoms in total. The average Bonchev–Trinajstić information content (AvgIpc) is 2.39. The van der Waals surface area contributed by atoms with E-state index < -0.39 is 21.6 Å². The molecule has 0 aromatic heterocycles. The van der Waals surface area contributed by atoms with Gasteiger partial charge >= 0.3 is 5.97 Å². The monoisotopic (exact) mass is 298 g/mol. The van der Waals surface area contributed by atoms with Crippen LogP contribution in [0, 0.1) is 0 Å². The molecule has 1 aromatic carbocycles. The maximum atomic E-state index is 11.5. The summed E-state index contributed by atoms with van der Waals surface area (Å²) in [6, 6.07) is 6.01. The van der Waals surface area contributed by atoms with Gasteiger partial charge in [-0.3, -0.25) is 0 Å². The van der Waals surface area contributed by atoms with Crippen LogP contribution >= 0.6 is 0 Å². The van der Waals surface area contributed by atoms with Crippen LogP contribution in [0.5, 0.6) is 0 Å². The fraction of sp³-hybridized carbons (Fsp3) is 0.357. The number of allylic oxidation sites excluding steroid dienone is 1. The summed E-state index contributed by atoms with van der Waals surface area (Å²) in [5.74, 6) is -1.22. The van der Waals surface area contributed by atoms with Crippen LogP contribution in [0.2, 0.25) is 0 Å². The molecule has 1 aromatic rings. The van der Waals surface area contributed by atoms with E-state index in [-0.39, 0.29) is 11.5 Å². The van der Waals surface area contributed by atoms with Crippen molar-refractivity contribution in [3.05, 3.63) is 35.6 Å². The zero-order chi connectivity index (χ0) is 15.3. The molecular formula is C14H18O5S. The SMILES string of the molecule is CCOC(=O)/C(O)=C(\CC)c1ccc(S(C)(=O)=O)cc1. The zero-order valence-corrected chi connectivity index (χ0v) is 12.5. The highest BCUT2D eigenvalue weighted by Gasteiger charge is 2.16. The molecule has 0 heterocycles. The van der Waals surface area contributed by atoms with Crippen LogP contribution in [0.1, 0.15) is 25.8 Å². The molecule has 20 heavy (non-hydrogen) atoms. The first kappa shape index (κ1) is 16.2. The second-order valence-corrected chi connectivity index (χ2v) is 6.21. The second kappa shape index (κ2) is 6.56. The molecule has 0 fully saturated rings. The molecule has 110 valence electrons. The van der Waals surface area contributed by atoms with Gasteiger partial charge in [-0.05, 0) is 31.0 Å². The summed E-state index contributed by atoms with van der Waals surface area (Å²) >= 11 is 0. The lowest BCUT2D eigenvalue weighted by molar-refractivity contribution is -0.141. The number of hydrogen-bond donors (Lipinski definition) is 1. The first-order chi connectivity index (χ1) is 9.31. The van der Waals surface area contributed by atoms with Gasteiger partial charge in [-0.25, -0.2) is 13.2 Å². The summed E-state index contributed by atoms with van der Waals surface area (Å²) in [5, 5.41) is 9.88. The molecule has 1 rings (SSSR count). The molecule has 0 atom stereocenters. The van der Waals surface area contributed by atoms with Gasteiger partial charge in [-0.2, -0.15) is 0 Å². The van der Waals surface area contributed by atoms with E-state index in [0.29, 0.717) is 17.6 Å². The van der Waals surface area contributed by atoms with Crippen LogP contribution in [-0.4, -0.2) is 32.4 Å². The third-order valence-corrected chi connectivity index (χ3v) is 3.87. The molecule has 0 saturated heterocycles. The Bertz CT molecular complexity index is 611. The third kappa shape index (κ3) is 3.84. The Morgan fingerprint density at radius 2 is 1.75 bits per heavy atom. The van der Waals surface area contributed by atoms with E-state index in [0.717, 1.165) is 6.26 Å². The zero-order valence-electron chi connectivity index (χ0n) is 11.7. The molecule has 0 aliphatic carbocycles. The quantitative estimate of drug-likeness (QED) is 0.512. The predicted octanol–water partition coefficient (Wildman–Crippen LogP) is 2.33. The molecule has 6 heteroatoms. The van der Waals surface area contributed by atoms with Crippen molar-refractivity contribution in [1.82, 2.24) is 0 Å². The van der Waals surface area contributed by atoms with Crippen LogP contribution in [0.25, 0.3) is 5.57 Å². The summed E-state index contributed by atoms with van der Waals surface area (Å²) in [7, 11) is -3.27. The number of carbonyl (C=O) groups excluding carboxylic acids is 1. The van der Waals surface area contributed by atoms with Crippen molar-refractivity contribution in [1.29, 1.82) is 0 Å². The Labute approximate surface area is 118 Å². The van der Waals surface area contributed by atoms with Gasteiger partial charge in [0, 0.05) is 11.8 Å². The number of sulfone groups is 1. The van der Waals surface area contributed by atoms with Gasteiger partial charge in [0.25, 0.3) is 0 Å². The highest BCUT2D eigenvalue weighted by atomic mass is 32.2. The molecular weight excluding hydrogens is 280 g/mol. The second-order valence-electron chi connectivity index (χ2n) is 4.20. The van der Waals surface area contributed by atoms with Crippen molar-refractivity contribution in [3.8, 4) is 0 Å². The number of hydrogen-bond acceptors (Lipinski definition) is 5. The lowest BCUT2D eigenvalue weighted by Gasteiger charge is -2.09. The van der Waals surface area contributed by atoms with Crippen molar-refractivity contribution < 1.29 is 23.1 Å². The fourth-order valence-electron chi connectivity index (χ4n) is 1.73. The van der Waals surface area contributed by atoms with Gasteiger partial charge in [-0.1, -0.05) is 19.1 Å². The first-order valence-electron chi connectivity index (χ1n) is 6.21. The largest absolute Gasteiger partial charge is 0.502 e. The van der Waals surface area contributed by atoms with Crippen molar-refractivity contribution in [2.24, 2.45) is 0 Å². The standard InChI is InChI=1S/C14H18O5S/c1-4-12(13(15)14(16)19-5-2)10-6-8-11(9-7-10)20(3,17)18/h6-9,15H,4-5H2,1-3H3/b13-12-. The molecule has 0 aliphatic heterocycles. The van der Waals surface area contributed by atoms with Gasteiger partial charge in [0.05, 0.1) is 11.5 Å². The van der Waals surface area contributed by atoms with Gasteiger partial charge < -0.3 is 9.84 Å². The third-order valence-electron chi connectivity index (χ3n) is 2.74. The topological polar surface area (TPSA) is 80.7 Å². The normalized spacial score (nSPS) is 12.8. The minimum atomic E-state index is -3.27. The fourth-order valence-corrected chi connectivity index (χ4v) is 2.36. The van der Waals surface area contributed by atoms with E-state index >= 15 is 0 Å². The lowest BCUT2D eigenvalue weighted by atomic mass is 10.0. The molecule has 0 radical (unpaired) electrons. The van der Waals surface area contributed by atoms with E-state index in [1.807, 2.05) is 0 Å².